The second kappa shape index (κ2) is 7.04. The van der Waals surface area contributed by atoms with Crippen LogP contribution in [-0.2, 0) is 9.47 Å². The minimum absolute atomic E-state index is 0.146. The van der Waals surface area contributed by atoms with Crippen molar-refractivity contribution in [1.29, 1.82) is 0 Å². The van der Waals surface area contributed by atoms with Crippen LogP contribution in [0.3, 0.4) is 0 Å². The first-order valence-electron chi connectivity index (χ1n) is 13.2. The highest BCUT2D eigenvalue weighted by atomic mass is 16.7. The van der Waals surface area contributed by atoms with Gasteiger partial charge in [0.2, 0.25) is 0 Å². The standard InChI is InChI=1S/C27H42O5/c1-16-23-22(31-27(16)11-10-26(14-28,15-29)32-27)13-21-19-5-4-17-12-18(30)6-8-24(17,2)20(19)7-9-25(21,23)3/h4,16,18-23,28-30H,5-15H2,1-3H3. The summed E-state index contributed by atoms with van der Waals surface area (Å²) in [7, 11) is 0. The molecule has 32 heavy (non-hydrogen) atoms. The third-order valence-electron chi connectivity index (χ3n) is 11.6. The molecule has 3 saturated carbocycles. The minimum Gasteiger partial charge on any atom is -0.393 e. The fraction of sp³-hybridized carbons (Fsp3) is 0.926. The molecule has 10 atom stereocenters. The number of allylic oxidation sites excluding steroid dienone is 1. The highest BCUT2D eigenvalue weighted by Gasteiger charge is 2.70. The Balaban J connectivity index is 1.28. The Labute approximate surface area is 192 Å². The van der Waals surface area contributed by atoms with E-state index in [0.717, 1.165) is 44.4 Å². The number of aliphatic hydroxyl groups excluding tert-OH is 3. The maximum Gasteiger partial charge on any atom is 0.172 e. The van der Waals surface area contributed by atoms with Gasteiger partial charge in [0.05, 0.1) is 25.4 Å². The SMILES string of the molecule is CC1C2C(CC3C4CC=C5CC(O)CCC5(C)C4CCC32C)OC12CCC(CO)(CO)O2. The molecule has 5 nitrogen and oxygen atoms in total. The maximum absolute atomic E-state index is 10.3. The van der Waals surface area contributed by atoms with E-state index in [1.54, 1.807) is 0 Å². The van der Waals surface area contributed by atoms with E-state index in [0.29, 0.717) is 24.2 Å². The smallest absolute Gasteiger partial charge is 0.172 e. The summed E-state index contributed by atoms with van der Waals surface area (Å²) >= 11 is 0. The zero-order chi connectivity index (χ0) is 22.5. The molecule has 4 aliphatic carbocycles. The van der Waals surface area contributed by atoms with Crippen molar-refractivity contribution >= 4 is 0 Å². The zero-order valence-electron chi connectivity index (χ0n) is 20.1. The largest absolute Gasteiger partial charge is 0.393 e. The molecule has 2 saturated heterocycles. The summed E-state index contributed by atoms with van der Waals surface area (Å²) in [4.78, 5) is 0. The van der Waals surface area contributed by atoms with Gasteiger partial charge in [-0.3, -0.25) is 0 Å². The molecular formula is C27H42O5. The summed E-state index contributed by atoms with van der Waals surface area (Å²) in [5.41, 5.74) is 1.21. The van der Waals surface area contributed by atoms with E-state index < -0.39 is 11.4 Å². The molecular weight excluding hydrogens is 404 g/mol. The third-order valence-corrected chi connectivity index (χ3v) is 11.6. The van der Waals surface area contributed by atoms with Crippen LogP contribution >= 0.6 is 0 Å². The predicted octanol–water partition coefficient (Wildman–Crippen LogP) is 3.80. The number of aliphatic hydroxyl groups is 3. The van der Waals surface area contributed by atoms with Crippen molar-refractivity contribution in [3.05, 3.63) is 11.6 Å². The molecule has 0 aromatic heterocycles. The molecule has 5 fully saturated rings. The summed E-state index contributed by atoms with van der Waals surface area (Å²) in [5.74, 6) is 2.24. The molecule has 1 spiro atoms. The van der Waals surface area contributed by atoms with Gasteiger partial charge in [0, 0.05) is 12.3 Å². The number of hydrogen-bond donors (Lipinski definition) is 3. The highest BCUT2D eigenvalue weighted by molar-refractivity contribution is 5.26. The molecule has 2 aliphatic heterocycles. The second-order valence-corrected chi connectivity index (χ2v) is 12.8. The first kappa shape index (κ1) is 22.0. The number of ether oxygens (including phenoxy) is 2. The summed E-state index contributed by atoms with van der Waals surface area (Å²) in [6.07, 6.45) is 11.8. The van der Waals surface area contributed by atoms with Crippen LogP contribution in [0, 0.1) is 40.4 Å². The first-order chi connectivity index (χ1) is 15.2. The van der Waals surface area contributed by atoms with E-state index in [1.807, 2.05) is 0 Å². The fourth-order valence-electron chi connectivity index (χ4n) is 9.87. The van der Waals surface area contributed by atoms with Gasteiger partial charge in [0.1, 0.15) is 5.60 Å². The summed E-state index contributed by atoms with van der Waals surface area (Å²) in [6.45, 7) is 7.02. The quantitative estimate of drug-likeness (QED) is 0.562. The van der Waals surface area contributed by atoms with Crippen molar-refractivity contribution in [3.63, 3.8) is 0 Å². The molecule has 5 heteroatoms. The number of rotatable bonds is 2. The van der Waals surface area contributed by atoms with Crippen molar-refractivity contribution in [1.82, 2.24) is 0 Å². The lowest BCUT2D eigenvalue weighted by Gasteiger charge is -2.58. The maximum atomic E-state index is 10.3. The van der Waals surface area contributed by atoms with Crippen molar-refractivity contribution in [2.75, 3.05) is 13.2 Å². The molecule has 0 bridgehead atoms. The van der Waals surface area contributed by atoms with Gasteiger partial charge in [-0.25, -0.2) is 0 Å². The van der Waals surface area contributed by atoms with Crippen LogP contribution in [0.1, 0.15) is 78.6 Å². The summed E-state index contributed by atoms with van der Waals surface area (Å²) < 4.78 is 13.2. The van der Waals surface area contributed by atoms with Crippen LogP contribution in [0.15, 0.2) is 11.6 Å². The van der Waals surface area contributed by atoms with E-state index in [2.05, 4.69) is 26.8 Å². The molecule has 0 aromatic rings. The first-order valence-corrected chi connectivity index (χ1v) is 13.2. The van der Waals surface area contributed by atoms with Crippen molar-refractivity contribution in [2.24, 2.45) is 40.4 Å². The Morgan fingerprint density at radius 1 is 1.03 bits per heavy atom. The van der Waals surface area contributed by atoms with Gasteiger partial charge in [-0.1, -0.05) is 32.4 Å². The number of fused-ring (bicyclic) bond motifs is 7. The van der Waals surface area contributed by atoms with E-state index in [4.69, 9.17) is 9.47 Å². The molecule has 10 unspecified atom stereocenters. The van der Waals surface area contributed by atoms with Gasteiger partial charge in [-0.2, -0.15) is 0 Å². The lowest BCUT2D eigenvalue weighted by Crippen LogP contribution is -2.52. The van der Waals surface area contributed by atoms with E-state index >= 15 is 0 Å². The van der Waals surface area contributed by atoms with Crippen molar-refractivity contribution < 1.29 is 24.8 Å². The van der Waals surface area contributed by atoms with Crippen LogP contribution < -0.4 is 0 Å². The van der Waals surface area contributed by atoms with E-state index in [9.17, 15) is 15.3 Å². The van der Waals surface area contributed by atoms with Gasteiger partial charge in [0.25, 0.3) is 0 Å². The Morgan fingerprint density at radius 3 is 2.53 bits per heavy atom. The molecule has 6 rings (SSSR count). The minimum atomic E-state index is -0.852. The topological polar surface area (TPSA) is 79.2 Å². The average Bonchev–Trinajstić information content (AvgIpc) is 3.39. The van der Waals surface area contributed by atoms with Gasteiger partial charge < -0.3 is 24.8 Å². The Morgan fingerprint density at radius 2 is 1.81 bits per heavy atom. The van der Waals surface area contributed by atoms with E-state index in [-0.39, 0.29) is 42.2 Å². The van der Waals surface area contributed by atoms with Crippen molar-refractivity contribution in [2.45, 2.75) is 102 Å². The Kier molecular flexibility index (Phi) is 4.84. The monoisotopic (exact) mass is 446 g/mol. The average molecular weight is 447 g/mol. The van der Waals surface area contributed by atoms with Crippen LogP contribution in [0.2, 0.25) is 0 Å². The highest BCUT2D eigenvalue weighted by Crippen LogP contribution is 2.71. The van der Waals surface area contributed by atoms with Gasteiger partial charge in [0.15, 0.2) is 5.79 Å². The molecule has 2 heterocycles. The molecule has 180 valence electrons. The number of hydrogen-bond acceptors (Lipinski definition) is 5. The molecule has 0 aromatic carbocycles. The van der Waals surface area contributed by atoms with Crippen LogP contribution in [-0.4, -0.2) is 52.1 Å². The van der Waals surface area contributed by atoms with Crippen molar-refractivity contribution in [3.8, 4) is 0 Å². The van der Waals surface area contributed by atoms with E-state index in [1.165, 1.54) is 18.4 Å². The lowest BCUT2D eigenvalue weighted by molar-refractivity contribution is -0.271. The summed E-state index contributed by atoms with van der Waals surface area (Å²) in [6, 6.07) is 0. The van der Waals surface area contributed by atoms with Gasteiger partial charge >= 0.3 is 0 Å². The molecule has 6 aliphatic rings. The Hall–Kier alpha value is -0.460. The second-order valence-electron chi connectivity index (χ2n) is 12.8. The van der Waals surface area contributed by atoms with Crippen LogP contribution in [0.4, 0.5) is 0 Å². The molecule has 3 N–H and O–H groups in total. The fourth-order valence-corrected chi connectivity index (χ4v) is 9.87. The van der Waals surface area contributed by atoms with Crippen LogP contribution in [0.5, 0.6) is 0 Å². The summed E-state index contributed by atoms with van der Waals surface area (Å²) in [5, 5.41) is 30.0. The lowest BCUT2D eigenvalue weighted by atomic mass is 9.47. The molecule has 0 amide bonds. The van der Waals surface area contributed by atoms with Crippen LogP contribution in [0.25, 0.3) is 0 Å². The predicted molar refractivity (Wildman–Crippen MR) is 121 cm³/mol. The molecule has 0 radical (unpaired) electrons. The Bertz CT molecular complexity index is 806. The normalized spacial score (nSPS) is 55.8. The zero-order valence-corrected chi connectivity index (χ0v) is 20.1. The van der Waals surface area contributed by atoms with Gasteiger partial charge in [-0.15, -0.1) is 0 Å². The third kappa shape index (κ3) is 2.69. The van der Waals surface area contributed by atoms with Gasteiger partial charge in [-0.05, 0) is 85.9 Å².